The third kappa shape index (κ3) is 7.76. The fourth-order valence-electron chi connectivity index (χ4n) is 4.62. The number of aliphatic hydroxyl groups is 1. The van der Waals surface area contributed by atoms with E-state index in [1.807, 2.05) is 13.8 Å². The number of nitrogens with two attached hydrogens (primary N) is 1. The molecule has 2 heterocycles. The number of fused-ring (bicyclic) bond motifs is 2. The van der Waals surface area contributed by atoms with Crippen molar-refractivity contribution in [3.63, 3.8) is 0 Å². The average molecular weight is 448 g/mol. The first kappa shape index (κ1) is 26.1. The molecule has 1 aliphatic rings. The van der Waals surface area contributed by atoms with E-state index >= 15 is 0 Å². The summed E-state index contributed by atoms with van der Waals surface area (Å²) in [5.74, 6) is -0.738. The molecule has 0 aromatic carbocycles. The summed E-state index contributed by atoms with van der Waals surface area (Å²) in [5.41, 5.74) is 6.43. The van der Waals surface area contributed by atoms with Gasteiger partial charge in [-0.1, -0.05) is 65.2 Å². The van der Waals surface area contributed by atoms with E-state index in [0.717, 1.165) is 44.9 Å². The van der Waals surface area contributed by atoms with Crippen molar-refractivity contribution in [3.05, 3.63) is 23.5 Å². The zero-order valence-electron chi connectivity index (χ0n) is 19.8. The van der Waals surface area contributed by atoms with Crippen molar-refractivity contribution in [1.82, 2.24) is 9.88 Å². The molecular formula is C25H41N3O4. The van der Waals surface area contributed by atoms with Crippen molar-refractivity contribution < 1.29 is 19.5 Å². The van der Waals surface area contributed by atoms with Gasteiger partial charge in [0.15, 0.2) is 5.78 Å². The summed E-state index contributed by atoms with van der Waals surface area (Å²) in [6.45, 7) is 3.78. The van der Waals surface area contributed by atoms with Gasteiger partial charge in [-0.3, -0.25) is 14.4 Å². The number of H-pyrrole nitrogens is 1. The Morgan fingerprint density at radius 1 is 1.03 bits per heavy atom. The number of carbonyl (C=O) groups is 3. The van der Waals surface area contributed by atoms with Gasteiger partial charge in [0, 0.05) is 6.42 Å². The minimum Gasteiger partial charge on any atom is -0.394 e. The lowest BCUT2D eigenvalue weighted by Crippen LogP contribution is -2.54. The summed E-state index contributed by atoms with van der Waals surface area (Å²) < 4.78 is 0. The lowest BCUT2D eigenvalue weighted by Gasteiger charge is -2.36. The molecule has 2 amide bonds. The second-order valence-corrected chi connectivity index (χ2v) is 9.53. The standard InChI is InChI=1S/C25H41N3O4/c1-18(2)16-19(17-29)28-22(24(26)31)12-10-8-6-4-3-5-7-9-11-13-23(30)20-14-15-21(27-20)25(28)32/h14-15,18-19,22,27,29H,3-13,16-17H2,1-2H3,(H2,26,31)/t19-,22?/m0/s1. The number of rotatable bonds is 5. The van der Waals surface area contributed by atoms with Gasteiger partial charge in [-0.15, -0.1) is 0 Å². The number of Topliss-reactive ketones (excluding diaryl/α,β-unsaturated/α-hetero) is 1. The van der Waals surface area contributed by atoms with E-state index in [4.69, 9.17) is 5.73 Å². The van der Waals surface area contributed by atoms with Crippen LogP contribution in [0.25, 0.3) is 0 Å². The van der Waals surface area contributed by atoms with Crippen LogP contribution in [0.5, 0.6) is 0 Å². The molecule has 1 aliphatic heterocycles. The second-order valence-electron chi connectivity index (χ2n) is 9.53. The maximum Gasteiger partial charge on any atom is 0.271 e. The van der Waals surface area contributed by atoms with Crippen LogP contribution in [0.2, 0.25) is 0 Å². The van der Waals surface area contributed by atoms with Gasteiger partial charge in [0.1, 0.15) is 11.7 Å². The number of aromatic nitrogens is 1. The number of amides is 2. The van der Waals surface area contributed by atoms with E-state index < -0.39 is 23.9 Å². The highest BCUT2D eigenvalue weighted by atomic mass is 16.3. The van der Waals surface area contributed by atoms with Crippen molar-refractivity contribution in [2.75, 3.05) is 6.61 Å². The predicted octanol–water partition coefficient (Wildman–Crippen LogP) is 4.21. The summed E-state index contributed by atoms with van der Waals surface area (Å²) in [6.07, 6.45) is 10.9. The van der Waals surface area contributed by atoms with Crippen molar-refractivity contribution in [3.8, 4) is 0 Å². The van der Waals surface area contributed by atoms with Crippen molar-refractivity contribution in [1.29, 1.82) is 0 Å². The van der Waals surface area contributed by atoms with Gasteiger partial charge in [-0.05, 0) is 37.3 Å². The van der Waals surface area contributed by atoms with Gasteiger partial charge in [-0.25, -0.2) is 0 Å². The van der Waals surface area contributed by atoms with E-state index in [2.05, 4.69) is 4.98 Å². The van der Waals surface area contributed by atoms with E-state index in [-0.39, 0.29) is 24.0 Å². The molecule has 1 unspecified atom stereocenters. The van der Waals surface area contributed by atoms with E-state index in [1.165, 1.54) is 17.7 Å². The molecule has 0 saturated carbocycles. The second kappa shape index (κ2) is 13.4. The quantitative estimate of drug-likeness (QED) is 0.627. The number of ketones is 1. The summed E-state index contributed by atoms with van der Waals surface area (Å²) in [4.78, 5) is 43.0. The number of aromatic amines is 1. The molecule has 2 bridgehead atoms. The summed E-state index contributed by atoms with van der Waals surface area (Å²) in [7, 11) is 0. The molecule has 1 aromatic heterocycles. The zero-order chi connectivity index (χ0) is 23.5. The zero-order valence-corrected chi connectivity index (χ0v) is 19.8. The summed E-state index contributed by atoms with van der Waals surface area (Å²) in [5, 5.41) is 10.1. The van der Waals surface area contributed by atoms with E-state index in [1.54, 1.807) is 12.1 Å². The molecule has 0 spiro atoms. The van der Waals surface area contributed by atoms with Crippen molar-refractivity contribution >= 4 is 17.6 Å². The molecule has 7 nitrogen and oxygen atoms in total. The molecule has 7 heteroatoms. The molecule has 32 heavy (non-hydrogen) atoms. The molecule has 0 aliphatic carbocycles. The van der Waals surface area contributed by atoms with Crippen LogP contribution >= 0.6 is 0 Å². The van der Waals surface area contributed by atoms with E-state index in [9.17, 15) is 19.5 Å². The van der Waals surface area contributed by atoms with Crippen LogP contribution in [0.4, 0.5) is 0 Å². The summed E-state index contributed by atoms with van der Waals surface area (Å²) in [6, 6.07) is 1.92. The highest BCUT2D eigenvalue weighted by Gasteiger charge is 2.35. The SMILES string of the molecule is CC(C)C[C@@H](CO)N1C(=O)c2ccc([nH]2)C(=O)CCCCCCCCCCCC1C(N)=O. The molecule has 0 radical (unpaired) electrons. The highest BCUT2D eigenvalue weighted by Crippen LogP contribution is 2.23. The Labute approximate surface area is 192 Å². The highest BCUT2D eigenvalue weighted by molar-refractivity contribution is 5.99. The molecule has 4 N–H and O–H groups in total. The Balaban J connectivity index is 2.35. The van der Waals surface area contributed by atoms with Crippen LogP contribution in [0.1, 0.15) is 112 Å². The van der Waals surface area contributed by atoms with Crippen LogP contribution in [0.15, 0.2) is 12.1 Å². The largest absolute Gasteiger partial charge is 0.394 e. The normalized spacial score (nSPS) is 21.2. The Bertz CT molecular complexity index is 743. The minimum absolute atomic E-state index is 0.0101. The Hall–Kier alpha value is -2.15. The molecule has 1 aromatic rings. The Morgan fingerprint density at radius 3 is 2.16 bits per heavy atom. The first-order valence-electron chi connectivity index (χ1n) is 12.3. The molecule has 180 valence electrons. The maximum absolute atomic E-state index is 13.5. The molecule has 0 saturated heterocycles. The molecular weight excluding hydrogens is 406 g/mol. The fraction of sp³-hybridized carbons (Fsp3) is 0.720. The number of hydrogen-bond donors (Lipinski definition) is 3. The van der Waals surface area contributed by atoms with Crippen LogP contribution in [-0.4, -0.2) is 51.3 Å². The fourth-order valence-corrected chi connectivity index (χ4v) is 4.62. The average Bonchev–Trinajstić information content (AvgIpc) is 3.24. The predicted molar refractivity (Wildman–Crippen MR) is 125 cm³/mol. The monoisotopic (exact) mass is 447 g/mol. The van der Waals surface area contributed by atoms with Gasteiger partial charge in [0.2, 0.25) is 5.91 Å². The van der Waals surface area contributed by atoms with Gasteiger partial charge >= 0.3 is 0 Å². The lowest BCUT2D eigenvalue weighted by atomic mass is 9.97. The van der Waals surface area contributed by atoms with Crippen LogP contribution in [0.3, 0.4) is 0 Å². The number of aliphatic hydroxyl groups excluding tert-OH is 1. The third-order valence-electron chi connectivity index (χ3n) is 6.34. The molecule has 2 atom stereocenters. The van der Waals surface area contributed by atoms with Crippen LogP contribution in [0, 0.1) is 5.92 Å². The third-order valence-corrected chi connectivity index (χ3v) is 6.34. The van der Waals surface area contributed by atoms with Crippen molar-refractivity contribution in [2.45, 2.75) is 103 Å². The van der Waals surface area contributed by atoms with Crippen molar-refractivity contribution in [2.24, 2.45) is 11.7 Å². The number of nitrogens with zero attached hydrogens (tertiary/aromatic N) is 1. The smallest absolute Gasteiger partial charge is 0.271 e. The first-order valence-corrected chi connectivity index (χ1v) is 12.3. The Morgan fingerprint density at radius 2 is 1.59 bits per heavy atom. The maximum atomic E-state index is 13.5. The summed E-state index contributed by atoms with van der Waals surface area (Å²) >= 11 is 0. The number of primary amides is 1. The van der Waals surface area contributed by atoms with Gasteiger partial charge in [-0.2, -0.15) is 0 Å². The van der Waals surface area contributed by atoms with Gasteiger partial charge in [0.05, 0.1) is 18.3 Å². The lowest BCUT2D eigenvalue weighted by molar-refractivity contribution is -0.124. The van der Waals surface area contributed by atoms with Crippen LogP contribution < -0.4 is 5.73 Å². The Kier molecular flexibility index (Phi) is 10.9. The molecule has 0 fully saturated rings. The van der Waals surface area contributed by atoms with E-state index in [0.29, 0.717) is 25.0 Å². The number of hydrogen-bond acceptors (Lipinski definition) is 4. The minimum atomic E-state index is -0.792. The number of nitrogens with one attached hydrogen (secondary N) is 1. The topological polar surface area (TPSA) is 116 Å². The van der Waals surface area contributed by atoms with Gasteiger partial charge in [0.25, 0.3) is 5.91 Å². The first-order chi connectivity index (χ1) is 15.3. The molecule has 2 rings (SSSR count). The van der Waals surface area contributed by atoms with Gasteiger partial charge < -0.3 is 20.7 Å². The number of carbonyl (C=O) groups excluding carboxylic acids is 3. The van der Waals surface area contributed by atoms with Crippen LogP contribution in [-0.2, 0) is 4.79 Å².